The number of aromatic nitrogens is 2. The molecule has 3 N–H and O–H groups in total. The van der Waals surface area contributed by atoms with Gasteiger partial charge in [0.2, 0.25) is 0 Å². The van der Waals surface area contributed by atoms with Gasteiger partial charge in [0.05, 0.1) is 5.39 Å². The zero-order chi connectivity index (χ0) is 13.2. The Balaban J connectivity index is 2.16. The van der Waals surface area contributed by atoms with Gasteiger partial charge in [-0.05, 0) is 31.2 Å². The standard InChI is InChI=1S/C14H20N4S/c1-2-11-17-13(16-8-7-15)12-9-5-3-4-6-10(9)19-14(12)18-11/h2-8,15H2,1H3,(H,16,17,18). The minimum absolute atomic E-state index is 0.624. The van der Waals surface area contributed by atoms with E-state index in [9.17, 15) is 0 Å². The monoisotopic (exact) mass is 276 g/mol. The Kier molecular flexibility index (Phi) is 3.66. The SMILES string of the molecule is CCc1nc(NCCN)c2c3c(sc2n1)CCCC3. The lowest BCUT2D eigenvalue weighted by Gasteiger charge is -2.12. The summed E-state index contributed by atoms with van der Waals surface area (Å²) in [6.45, 7) is 3.49. The van der Waals surface area contributed by atoms with E-state index in [0.29, 0.717) is 6.54 Å². The molecular formula is C14H20N4S. The number of thiophene rings is 1. The second-order valence-corrected chi connectivity index (χ2v) is 6.03. The van der Waals surface area contributed by atoms with Crippen molar-refractivity contribution < 1.29 is 0 Å². The van der Waals surface area contributed by atoms with Gasteiger partial charge in [-0.15, -0.1) is 11.3 Å². The van der Waals surface area contributed by atoms with Crippen LogP contribution in [0.4, 0.5) is 5.82 Å². The van der Waals surface area contributed by atoms with Crippen LogP contribution in [-0.4, -0.2) is 23.1 Å². The summed E-state index contributed by atoms with van der Waals surface area (Å²) in [4.78, 5) is 12.0. The molecule has 1 aliphatic rings. The number of rotatable bonds is 4. The molecule has 0 fully saturated rings. The molecule has 0 saturated carbocycles. The molecule has 4 nitrogen and oxygen atoms in total. The van der Waals surface area contributed by atoms with Crippen LogP contribution < -0.4 is 11.1 Å². The van der Waals surface area contributed by atoms with Gasteiger partial charge in [0, 0.05) is 24.4 Å². The molecule has 102 valence electrons. The van der Waals surface area contributed by atoms with E-state index in [-0.39, 0.29) is 0 Å². The second-order valence-electron chi connectivity index (χ2n) is 4.95. The van der Waals surface area contributed by atoms with Crippen LogP contribution in [0.15, 0.2) is 0 Å². The Labute approximate surface area is 117 Å². The van der Waals surface area contributed by atoms with Crippen molar-refractivity contribution in [2.24, 2.45) is 5.73 Å². The Bertz CT molecular complexity index is 591. The van der Waals surface area contributed by atoms with E-state index in [2.05, 4.69) is 17.2 Å². The number of nitrogens with zero attached hydrogens (tertiary/aromatic N) is 2. The summed E-state index contributed by atoms with van der Waals surface area (Å²) in [6.07, 6.45) is 5.83. The normalized spacial score (nSPS) is 14.6. The highest BCUT2D eigenvalue weighted by atomic mass is 32.1. The molecular weight excluding hydrogens is 256 g/mol. The van der Waals surface area contributed by atoms with Crippen LogP contribution in [0.3, 0.4) is 0 Å². The molecule has 2 aromatic heterocycles. The van der Waals surface area contributed by atoms with E-state index in [1.165, 1.54) is 41.5 Å². The maximum Gasteiger partial charge on any atom is 0.138 e. The third-order valence-corrected chi connectivity index (χ3v) is 4.80. The zero-order valence-electron chi connectivity index (χ0n) is 11.3. The van der Waals surface area contributed by atoms with Crippen LogP contribution in [0.1, 0.15) is 36.0 Å². The molecule has 1 aliphatic carbocycles. The third-order valence-electron chi connectivity index (χ3n) is 3.61. The van der Waals surface area contributed by atoms with E-state index in [0.717, 1.165) is 29.4 Å². The highest BCUT2D eigenvalue weighted by molar-refractivity contribution is 7.19. The average Bonchev–Trinajstić information content (AvgIpc) is 2.82. The van der Waals surface area contributed by atoms with Gasteiger partial charge in [-0.25, -0.2) is 9.97 Å². The molecule has 0 aromatic carbocycles. The van der Waals surface area contributed by atoms with Crippen molar-refractivity contribution in [3.05, 3.63) is 16.3 Å². The summed E-state index contributed by atoms with van der Waals surface area (Å²) in [5.41, 5.74) is 7.08. The topological polar surface area (TPSA) is 63.8 Å². The molecule has 0 saturated heterocycles. The molecule has 0 amide bonds. The molecule has 2 aromatic rings. The highest BCUT2D eigenvalue weighted by Gasteiger charge is 2.20. The van der Waals surface area contributed by atoms with Crippen molar-refractivity contribution in [3.8, 4) is 0 Å². The lowest BCUT2D eigenvalue weighted by Crippen LogP contribution is -2.15. The van der Waals surface area contributed by atoms with Crippen LogP contribution in [-0.2, 0) is 19.3 Å². The summed E-state index contributed by atoms with van der Waals surface area (Å²) in [5, 5.41) is 4.63. The number of hydrogen-bond acceptors (Lipinski definition) is 5. The van der Waals surface area contributed by atoms with Crippen molar-refractivity contribution in [1.82, 2.24) is 9.97 Å². The molecule has 0 atom stereocenters. The molecule has 0 spiro atoms. The largest absolute Gasteiger partial charge is 0.368 e. The first-order chi connectivity index (χ1) is 9.33. The van der Waals surface area contributed by atoms with Crippen LogP contribution in [0.2, 0.25) is 0 Å². The van der Waals surface area contributed by atoms with Gasteiger partial charge in [0.25, 0.3) is 0 Å². The lowest BCUT2D eigenvalue weighted by molar-refractivity contribution is 0.700. The number of fused-ring (bicyclic) bond motifs is 3. The van der Waals surface area contributed by atoms with Crippen molar-refractivity contribution >= 4 is 27.4 Å². The molecule has 2 heterocycles. The van der Waals surface area contributed by atoms with E-state index in [4.69, 9.17) is 10.7 Å². The molecule has 5 heteroatoms. The smallest absolute Gasteiger partial charge is 0.138 e. The summed E-state index contributed by atoms with van der Waals surface area (Å²) in [7, 11) is 0. The van der Waals surface area contributed by atoms with Crippen LogP contribution in [0.5, 0.6) is 0 Å². The second kappa shape index (κ2) is 5.43. The van der Waals surface area contributed by atoms with Crippen molar-refractivity contribution in [1.29, 1.82) is 0 Å². The quantitative estimate of drug-likeness (QED) is 0.900. The first-order valence-corrected chi connectivity index (χ1v) is 7.90. The number of hydrogen-bond donors (Lipinski definition) is 2. The minimum Gasteiger partial charge on any atom is -0.368 e. The predicted octanol–water partition coefficient (Wildman–Crippen LogP) is 2.50. The highest BCUT2D eigenvalue weighted by Crippen LogP contribution is 2.38. The van der Waals surface area contributed by atoms with E-state index < -0.39 is 0 Å². The van der Waals surface area contributed by atoms with Gasteiger partial charge < -0.3 is 11.1 Å². The van der Waals surface area contributed by atoms with Crippen LogP contribution in [0, 0.1) is 0 Å². The summed E-state index contributed by atoms with van der Waals surface area (Å²) >= 11 is 1.85. The Morgan fingerprint density at radius 3 is 2.89 bits per heavy atom. The molecule has 0 aliphatic heterocycles. The Hall–Kier alpha value is -1.20. The maximum absolute atomic E-state index is 5.60. The van der Waals surface area contributed by atoms with Crippen LogP contribution in [0.25, 0.3) is 10.2 Å². The number of aryl methyl sites for hydroxylation is 3. The van der Waals surface area contributed by atoms with Crippen molar-refractivity contribution in [3.63, 3.8) is 0 Å². The van der Waals surface area contributed by atoms with Gasteiger partial charge in [-0.2, -0.15) is 0 Å². The van der Waals surface area contributed by atoms with E-state index >= 15 is 0 Å². The van der Waals surface area contributed by atoms with Crippen molar-refractivity contribution in [2.45, 2.75) is 39.0 Å². The Morgan fingerprint density at radius 2 is 2.11 bits per heavy atom. The summed E-state index contributed by atoms with van der Waals surface area (Å²) in [5.74, 6) is 1.91. The van der Waals surface area contributed by atoms with Gasteiger partial charge in [0.1, 0.15) is 16.5 Å². The summed E-state index contributed by atoms with van der Waals surface area (Å²) in [6, 6.07) is 0. The minimum atomic E-state index is 0.624. The van der Waals surface area contributed by atoms with Crippen molar-refractivity contribution in [2.75, 3.05) is 18.4 Å². The molecule has 3 rings (SSSR count). The first-order valence-electron chi connectivity index (χ1n) is 7.08. The average molecular weight is 276 g/mol. The van der Waals surface area contributed by atoms with Gasteiger partial charge in [-0.3, -0.25) is 0 Å². The number of nitrogens with one attached hydrogen (secondary N) is 1. The lowest BCUT2D eigenvalue weighted by atomic mass is 9.97. The number of nitrogens with two attached hydrogens (primary N) is 1. The fraction of sp³-hybridized carbons (Fsp3) is 0.571. The fourth-order valence-electron chi connectivity index (χ4n) is 2.68. The maximum atomic E-state index is 5.60. The number of anilines is 1. The van der Waals surface area contributed by atoms with Gasteiger partial charge >= 0.3 is 0 Å². The zero-order valence-corrected chi connectivity index (χ0v) is 12.1. The first kappa shape index (κ1) is 12.8. The molecule has 19 heavy (non-hydrogen) atoms. The predicted molar refractivity (Wildman–Crippen MR) is 81.0 cm³/mol. The molecule has 0 bridgehead atoms. The van der Waals surface area contributed by atoms with E-state index in [1.807, 2.05) is 11.3 Å². The van der Waals surface area contributed by atoms with Crippen LogP contribution >= 0.6 is 11.3 Å². The molecule has 0 radical (unpaired) electrons. The Morgan fingerprint density at radius 1 is 1.26 bits per heavy atom. The fourth-order valence-corrected chi connectivity index (χ4v) is 3.96. The van der Waals surface area contributed by atoms with Gasteiger partial charge in [-0.1, -0.05) is 6.92 Å². The third kappa shape index (κ3) is 2.32. The van der Waals surface area contributed by atoms with E-state index in [1.54, 1.807) is 0 Å². The molecule has 0 unspecified atom stereocenters. The summed E-state index contributed by atoms with van der Waals surface area (Å²) < 4.78 is 0. The van der Waals surface area contributed by atoms with Gasteiger partial charge in [0.15, 0.2) is 0 Å².